The minimum absolute atomic E-state index is 0.0313. The highest BCUT2D eigenvalue weighted by Crippen LogP contribution is 2.31. The number of amides is 1. The number of thiol groups is 1. The fraction of sp³-hybridized carbons (Fsp3) is 0.333. The number of hydrogen-bond donors (Lipinski definition) is 3. The molecule has 0 bridgehead atoms. The predicted molar refractivity (Wildman–Crippen MR) is 111 cm³/mol. The Hall–Kier alpha value is -2.74. The maximum atomic E-state index is 13.8. The second kappa shape index (κ2) is 10.7. The molecule has 2 N–H and O–H groups in total. The van der Waals surface area contributed by atoms with Crippen LogP contribution in [0, 0.1) is 18.7 Å². The zero-order valence-electron chi connectivity index (χ0n) is 16.2. The normalized spacial score (nSPS) is 12.7. The number of esters is 1. The second-order valence-electron chi connectivity index (χ2n) is 6.67. The number of anilines is 1. The molecule has 0 aliphatic heterocycles. The van der Waals surface area contributed by atoms with Gasteiger partial charge >= 0.3 is 12.1 Å². The molecule has 0 heterocycles. The van der Waals surface area contributed by atoms with Crippen molar-refractivity contribution in [3.8, 4) is 5.75 Å². The first-order valence-electron chi connectivity index (χ1n) is 9.09. The van der Waals surface area contributed by atoms with Gasteiger partial charge in [-0.25, -0.2) is 9.18 Å². The number of ether oxygens (including phenoxy) is 2. The van der Waals surface area contributed by atoms with E-state index in [1.807, 2.05) is 19.1 Å². The van der Waals surface area contributed by atoms with Crippen molar-refractivity contribution in [2.75, 3.05) is 17.7 Å². The van der Waals surface area contributed by atoms with Gasteiger partial charge in [-0.2, -0.15) is 12.6 Å². The van der Waals surface area contributed by atoms with Gasteiger partial charge in [0.1, 0.15) is 6.10 Å². The van der Waals surface area contributed by atoms with E-state index in [4.69, 9.17) is 9.47 Å². The van der Waals surface area contributed by atoms with Crippen molar-refractivity contribution < 1.29 is 28.6 Å². The molecule has 0 aliphatic carbocycles. The van der Waals surface area contributed by atoms with Crippen molar-refractivity contribution in [2.45, 2.75) is 26.4 Å². The van der Waals surface area contributed by atoms with E-state index in [0.29, 0.717) is 17.7 Å². The van der Waals surface area contributed by atoms with Gasteiger partial charge in [0.2, 0.25) is 0 Å². The Labute approximate surface area is 174 Å². The molecule has 2 aromatic rings. The van der Waals surface area contributed by atoms with Crippen molar-refractivity contribution in [1.29, 1.82) is 0 Å². The van der Waals surface area contributed by atoms with E-state index < -0.39 is 29.7 Å². The molecular formula is C21H24FNO5S. The van der Waals surface area contributed by atoms with E-state index in [9.17, 15) is 19.1 Å². The largest absolute Gasteiger partial charge is 0.505 e. The van der Waals surface area contributed by atoms with Crippen molar-refractivity contribution in [1.82, 2.24) is 0 Å². The summed E-state index contributed by atoms with van der Waals surface area (Å²) in [4.78, 5) is 23.6. The Balaban J connectivity index is 2.12. The SMILES string of the molecule is Cc1ccc(NC(=O)O[C@H](c2ccc(O)c(F)c2)[C@H](C)CCOC(=O)CS)cc1. The van der Waals surface area contributed by atoms with E-state index in [1.54, 1.807) is 19.1 Å². The topological polar surface area (TPSA) is 84.9 Å². The summed E-state index contributed by atoms with van der Waals surface area (Å²) in [6.07, 6.45) is -1.14. The molecule has 29 heavy (non-hydrogen) atoms. The quantitative estimate of drug-likeness (QED) is 0.428. The average Bonchev–Trinajstić information content (AvgIpc) is 2.69. The number of phenols is 1. The number of halogens is 1. The third-order valence-electron chi connectivity index (χ3n) is 4.31. The van der Waals surface area contributed by atoms with E-state index in [2.05, 4.69) is 17.9 Å². The zero-order chi connectivity index (χ0) is 21.4. The first-order valence-corrected chi connectivity index (χ1v) is 9.72. The molecule has 0 aliphatic rings. The fourth-order valence-electron chi connectivity index (χ4n) is 2.67. The lowest BCUT2D eigenvalue weighted by Crippen LogP contribution is -2.23. The Morgan fingerprint density at radius 2 is 1.90 bits per heavy atom. The number of rotatable bonds is 8. The Bertz CT molecular complexity index is 843. The molecular weight excluding hydrogens is 397 g/mol. The van der Waals surface area contributed by atoms with Crippen LogP contribution in [-0.4, -0.2) is 29.5 Å². The number of phenolic OH excluding ortho intramolecular Hbond substituents is 1. The van der Waals surface area contributed by atoms with Gasteiger partial charge in [0.25, 0.3) is 0 Å². The maximum absolute atomic E-state index is 13.8. The van der Waals surface area contributed by atoms with Gasteiger partial charge in [-0.15, -0.1) is 0 Å². The molecule has 2 rings (SSSR count). The van der Waals surface area contributed by atoms with Gasteiger partial charge in [0, 0.05) is 11.6 Å². The highest BCUT2D eigenvalue weighted by atomic mass is 32.1. The smallest absolute Gasteiger partial charge is 0.412 e. The molecule has 156 valence electrons. The molecule has 2 atom stereocenters. The number of nitrogens with one attached hydrogen (secondary N) is 1. The number of aryl methyl sites for hydroxylation is 1. The lowest BCUT2D eigenvalue weighted by Gasteiger charge is -2.25. The van der Waals surface area contributed by atoms with Crippen molar-refractivity contribution in [2.24, 2.45) is 5.92 Å². The van der Waals surface area contributed by atoms with Crippen LogP contribution in [-0.2, 0) is 14.3 Å². The first-order chi connectivity index (χ1) is 13.8. The van der Waals surface area contributed by atoms with Crippen LogP contribution >= 0.6 is 12.6 Å². The lowest BCUT2D eigenvalue weighted by molar-refractivity contribution is -0.141. The van der Waals surface area contributed by atoms with Crippen LogP contribution in [0.2, 0.25) is 0 Å². The van der Waals surface area contributed by atoms with Gasteiger partial charge in [-0.3, -0.25) is 10.1 Å². The summed E-state index contributed by atoms with van der Waals surface area (Å²) in [5, 5.41) is 12.1. The van der Waals surface area contributed by atoms with Gasteiger partial charge in [-0.1, -0.05) is 30.7 Å². The highest BCUT2D eigenvalue weighted by Gasteiger charge is 2.25. The number of aromatic hydroxyl groups is 1. The average molecular weight is 421 g/mol. The predicted octanol–water partition coefficient (Wildman–Crippen LogP) is 4.63. The highest BCUT2D eigenvalue weighted by molar-refractivity contribution is 7.81. The van der Waals surface area contributed by atoms with Crippen LogP contribution in [0.15, 0.2) is 42.5 Å². The van der Waals surface area contributed by atoms with Gasteiger partial charge in [-0.05, 0) is 43.2 Å². The standard InChI is InChI=1S/C21H24FNO5S/c1-13-3-6-16(7-4-13)23-21(26)28-20(14(2)9-10-27-19(25)12-29)15-5-8-18(24)17(22)11-15/h3-8,11,14,20,24,29H,9-10,12H2,1-2H3,(H,23,26)/t14-,20+/m1/s1. The Kier molecular flexibility index (Phi) is 8.33. The van der Waals surface area contributed by atoms with Gasteiger partial charge < -0.3 is 14.6 Å². The molecule has 1 amide bonds. The molecule has 0 spiro atoms. The minimum atomic E-state index is -0.816. The summed E-state index contributed by atoms with van der Waals surface area (Å²) in [5.41, 5.74) is 1.99. The third kappa shape index (κ3) is 6.98. The van der Waals surface area contributed by atoms with Gasteiger partial charge in [0.05, 0.1) is 12.4 Å². The van der Waals surface area contributed by atoms with Crippen molar-refractivity contribution in [3.05, 3.63) is 59.4 Å². The van der Waals surface area contributed by atoms with Crippen molar-refractivity contribution >= 4 is 30.4 Å². The zero-order valence-corrected chi connectivity index (χ0v) is 17.1. The van der Waals surface area contributed by atoms with Crippen LogP contribution < -0.4 is 5.32 Å². The summed E-state index contributed by atoms with van der Waals surface area (Å²) in [6, 6.07) is 11.0. The molecule has 2 aromatic carbocycles. The Morgan fingerprint density at radius 3 is 2.52 bits per heavy atom. The van der Waals surface area contributed by atoms with Crippen LogP contribution in [0.4, 0.5) is 14.9 Å². The van der Waals surface area contributed by atoms with Crippen LogP contribution in [0.1, 0.15) is 30.6 Å². The first kappa shape index (κ1) is 22.5. The molecule has 6 nitrogen and oxygen atoms in total. The molecule has 0 aromatic heterocycles. The van der Waals surface area contributed by atoms with Crippen LogP contribution in [0.25, 0.3) is 0 Å². The fourth-order valence-corrected chi connectivity index (χ4v) is 2.76. The number of carbonyl (C=O) groups is 2. The molecule has 0 saturated heterocycles. The van der Waals surface area contributed by atoms with E-state index in [-0.39, 0.29) is 18.3 Å². The molecule has 0 unspecified atom stereocenters. The summed E-state index contributed by atoms with van der Waals surface area (Å²) < 4.78 is 24.4. The van der Waals surface area contributed by atoms with Crippen LogP contribution in [0.3, 0.4) is 0 Å². The minimum Gasteiger partial charge on any atom is -0.505 e. The van der Waals surface area contributed by atoms with Crippen molar-refractivity contribution in [3.63, 3.8) is 0 Å². The molecule has 0 radical (unpaired) electrons. The summed E-state index contributed by atoms with van der Waals surface area (Å²) in [6.45, 7) is 3.84. The molecule has 0 saturated carbocycles. The summed E-state index contributed by atoms with van der Waals surface area (Å²) in [7, 11) is 0. The second-order valence-corrected chi connectivity index (χ2v) is 6.99. The van der Waals surface area contributed by atoms with Crippen LogP contribution in [0.5, 0.6) is 5.75 Å². The van der Waals surface area contributed by atoms with E-state index >= 15 is 0 Å². The molecule has 0 fully saturated rings. The number of hydrogen-bond acceptors (Lipinski definition) is 6. The summed E-state index contributed by atoms with van der Waals surface area (Å²) >= 11 is 3.84. The Morgan fingerprint density at radius 1 is 1.21 bits per heavy atom. The maximum Gasteiger partial charge on any atom is 0.412 e. The van der Waals surface area contributed by atoms with E-state index in [1.165, 1.54) is 12.1 Å². The summed E-state index contributed by atoms with van der Waals surface area (Å²) in [5.74, 6) is -2.09. The lowest BCUT2D eigenvalue weighted by atomic mass is 9.94. The van der Waals surface area contributed by atoms with E-state index in [0.717, 1.165) is 11.6 Å². The third-order valence-corrected chi connectivity index (χ3v) is 4.57. The molecule has 8 heteroatoms. The number of benzene rings is 2. The number of carbonyl (C=O) groups excluding carboxylic acids is 2. The monoisotopic (exact) mass is 421 g/mol. The van der Waals surface area contributed by atoms with Gasteiger partial charge in [0.15, 0.2) is 11.6 Å².